The number of thiophene rings is 1. The zero-order valence-corrected chi connectivity index (χ0v) is 10.6. The molecule has 1 aliphatic heterocycles. The maximum atomic E-state index is 11.2. The van der Waals surface area contributed by atoms with E-state index in [0.29, 0.717) is 0 Å². The largest absolute Gasteiger partial charge is 0.480 e. The molecule has 0 aromatic carbocycles. The summed E-state index contributed by atoms with van der Waals surface area (Å²) in [6.45, 7) is 1.79. The van der Waals surface area contributed by atoms with Crippen molar-refractivity contribution in [2.24, 2.45) is 0 Å². The van der Waals surface area contributed by atoms with Gasteiger partial charge in [-0.25, -0.2) is 0 Å². The molecular weight excluding hydrogens is 278 g/mol. The van der Waals surface area contributed by atoms with Crippen LogP contribution in [0.5, 0.6) is 0 Å². The number of hydrogen-bond donors (Lipinski definition) is 1. The Kier molecular flexibility index (Phi) is 3.43. The fourth-order valence-electron chi connectivity index (χ4n) is 1.93. The van der Waals surface area contributed by atoms with Gasteiger partial charge in [-0.2, -0.15) is 0 Å². The van der Waals surface area contributed by atoms with Gasteiger partial charge >= 0.3 is 5.97 Å². The zero-order valence-electron chi connectivity index (χ0n) is 8.15. The zero-order chi connectivity index (χ0) is 10.8. The molecule has 1 unspecified atom stereocenters. The lowest BCUT2D eigenvalue weighted by Crippen LogP contribution is -2.31. The van der Waals surface area contributed by atoms with Gasteiger partial charge in [-0.1, -0.05) is 0 Å². The quantitative estimate of drug-likeness (QED) is 0.930. The summed E-state index contributed by atoms with van der Waals surface area (Å²) in [6.07, 6.45) is 2.21. The number of hydrogen-bond acceptors (Lipinski definition) is 3. The summed E-state index contributed by atoms with van der Waals surface area (Å²) in [5.74, 6) is -0.744. The van der Waals surface area contributed by atoms with E-state index in [0.717, 1.165) is 35.3 Å². The van der Waals surface area contributed by atoms with Gasteiger partial charge in [0.1, 0.15) is 6.04 Å². The molecule has 1 fully saturated rings. The van der Waals surface area contributed by atoms with E-state index in [4.69, 9.17) is 0 Å². The summed E-state index contributed by atoms with van der Waals surface area (Å²) in [7, 11) is 0. The van der Waals surface area contributed by atoms with Gasteiger partial charge in [-0.3, -0.25) is 9.69 Å². The van der Waals surface area contributed by atoms with Gasteiger partial charge in [-0.15, -0.1) is 11.3 Å². The van der Waals surface area contributed by atoms with Gasteiger partial charge in [0.2, 0.25) is 0 Å². The third-order valence-electron chi connectivity index (χ3n) is 2.60. The molecule has 1 N–H and O–H groups in total. The molecule has 3 nitrogen and oxygen atoms in total. The lowest BCUT2D eigenvalue weighted by Gasteiger charge is -2.22. The van der Waals surface area contributed by atoms with E-state index >= 15 is 0 Å². The van der Waals surface area contributed by atoms with Crippen molar-refractivity contribution in [2.75, 3.05) is 13.1 Å². The third kappa shape index (κ3) is 2.41. The minimum Gasteiger partial charge on any atom is -0.480 e. The predicted molar refractivity (Wildman–Crippen MR) is 63.2 cm³/mol. The molecule has 0 radical (unpaired) electrons. The Bertz CT molecular complexity index is 360. The van der Waals surface area contributed by atoms with E-state index in [2.05, 4.69) is 15.9 Å². The first-order valence-corrected chi connectivity index (χ1v) is 6.56. The molecular formula is C10H12BrNO2S. The lowest BCUT2D eigenvalue weighted by molar-refractivity contribution is -0.143. The van der Waals surface area contributed by atoms with Crippen molar-refractivity contribution in [3.05, 3.63) is 20.8 Å². The summed E-state index contributed by atoms with van der Waals surface area (Å²) in [4.78, 5) is 14.2. The number of carboxylic acid groups (broad SMARTS) is 1. The van der Waals surface area contributed by atoms with Crippen LogP contribution in [-0.4, -0.2) is 29.1 Å². The van der Waals surface area contributed by atoms with E-state index in [9.17, 15) is 9.90 Å². The van der Waals surface area contributed by atoms with Crippen molar-refractivity contribution >= 4 is 33.2 Å². The van der Waals surface area contributed by atoms with Crippen LogP contribution in [-0.2, 0) is 4.79 Å². The first-order valence-electron chi connectivity index (χ1n) is 4.89. The molecule has 1 aromatic heterocycles. The van der Waals surface area contributed by atoms with Crippen molar-refractivity contribution in [2.45, 2.75) is 18.9 Å². The van der Waals surface area contributed by atoms with Crippen LogP contribution in [0.15, 0.2) is 15.9 Å². The number of likely N-dealkylation sites (tertiary alicyclic amines) is 1. The minimum absolute atomic E-state index is 0.455. The first-order chi connectivity index (χ1) is 7.18. The number of aliphatic carboxylic acids is 1. The van der Waals surface area contributed by atoms with Crippen LogP contribution in [0.4, 0.5) is 0 Å². The number of halogens is 1. The Labute approximate surface area is 101 Å². The molecule has 5 heteroatoms. The van der Waals surface area contributed by atoms with Crippen LogP contribution in [0, 0.1) is 0 Å². The predicted octanol–water partition coefficient (Wildman–Crippen LogP) is 2.73. The van der Waals surface area contributed by atoms with Crippen molar-refractivity contribution < 1.29 is 9.90 Å². The van der Waals surface area contributed by atoms with Crippen LogP contribution in [0.25, 0.3) is 0 Å². The molecule has 0 aliphatic carbocycles. The molecule has 0 amide bonds. The van der Waals surface area contributed by atoms with Crippen molar-refractivity contribution in [3.8, 4) is 0 Å². The standard InChI is InChI=1S/C10H12BrNO2S/c11-7-5-8(15-6-7)9(10(13)14)12-3-1-2-4-12/h5-6,9H,1-4H2,(H,13,14). The van der Waals surface area contributed by atoms with E-state index in [1.165, 1.54) is 11.3 Å². The molecule has 0 bridgehead atoms. The van der Waals surface area contributed by atoms with Crippen LogP contribution < -0.4 is 0 Å². The second kappa shape index (κ2) is 4.63. The highest BCUT2D eigenvalue weighted by molar-refractivity contribution is 9.10. The molecule has 2 heterocycles. The first kappa shape index (κ1) is 11.1. The van der Waals surface area contributed by atoms with Gasteiger partial charge in [0, 0.05) is 14.7 Å². The molecule has 15 heavy (non-hydrogen) atoms. The molecule has 1 aliphatic rings. The minimum atomic E-state index is -0.744. The lowest BCUT2D eigenvalue weighted by atomic mass is 10.2. The summed E-state index contributed by atoms with van der Waals surface area (Å²) in [6, 6.07) is 1.45. The molecule has 0 spiro atoms. The summed E-state index contributed by atoms with van der Waals surface area (Å²) >= 11 is 4.86. The number of nitrogens with zero attached hydrogens (tertiary/aromatic N) is 1. The van der Waals surface area contributed by atoms with Crippen molar-refractivity contribution in [3.63, 3.8) is 0 Å². The number of carboxylic acids is 1. The molecule has 1 saturated heterocycles. The van der Waals surface area contributed by atoms with Crippen LogP contribution >= 0.6 is 27.3 Å². The van der Waals surface area contributed by atoms with Crippen molar-refractivity contribution in [1.29, 1.82) is 0 Å². The highest BCUT2D eigenvalue weighted by Crippen LogP contribution is 2.31. The van der Waals surface area contributed by atoms with Gasteiger partial charge in [0.25, 0.3) is 0 Å². The number of carbonyl (C=O) groups is 1. The molecule has 1 aromatic rings. The maximum Gasteiger partial charge on any atom is 0.326 e. The Morgan fingerprint density at radius 1 is 1.53 bits per heavy atom. The maximum absolute atomic E-state index is 11.2. The second-order valence-corrected chi connectivity index (χ2v) is 5.51. The average molecular weight is 290 g/mol. The summed E-state index contributed by atoms with van der Waals surface area (Å²) < 4.78 is 0.966. The third-order valence-corrected chi connectivity index (χ3v) is 4.34. The van der Waals surface area contributed by atoms with Gasteiger partial charge in [0.05, 0.1) is 0 Å². The highest BCUT2D eigenvalue weighted by Gasteiger charge is 2.30. The summed E-state index contributed by atoms with van der Waals surface area (Å²) in [5.41, 5.74) is 0. The van der Waals surface area contributed by atoms with Crippen molar-refractivity contribution in [1.82, 2.24) is 4.90 Å². The van der Waals surface area contributed by atoms with Crippen LogP contribution in [0.1, 0.15) is 23.8 Å². The summed E-state index contributed by atoms with van der Waals surface area (Å²) in [5, 5.41) is 11.2. The number of rotatable bonds is 3. The van der Waals surface area contributed by atoms with Crippen LogP contribution in [0.2, 0.25) is 0 Å². The fraction of sp³-hybridized carbons (Fsp3) is 0.500. The Hall–Kier alpha value is -0.390. The molecule has 0 saturated carbocycles. The Balaban J connectivity index is 2.22. The Morgan fingerprint density at radius 2 is 2.20 bits per heavy atom. The van der Waals surface area contributed by atoms with Gasteiger partial charge in [-0.05, 0) is 47.9 Å². The van der Waals surface area contributed by atoms with Gasteiger partial charge in [0.15, 0.2) is 0 Å². The molecule has 1 atom stereocenters. The average Bonchev–Trinajstić information content (AvgIpc) is 2.77. The smallest absolute Gasteiger partial charge is 0.326 e. The van der Waals surface area contributed by atoms with E-state index < -0.39 is 12.0 Å². The van der Waals surface area contributed by atoms with E-state index in [1.54, 1.807) is 0 Å². The van der Waals surface area contributed by atoms with E-state index in [1.807, 2.05) is 16.3 Å². The van der Waals surface area contributed by atoms with E-state index in [-0.39, 0.29) is 0 Å². The fourth-order valence-corrected chi connectivity index (χ4v) is 3.50. The normalized spacial score (nSPS) is 19.3. The SMILES string of the molecule is O=C(O)C(c1cc(Br)cs1)N1CCCC1. The second-order valence-electron chi connectivity index (χ2n) is 3.65. The Morgan fingerprint density at radius 3 is 2.67 bits per heavy atom. The van der Waals surface area contributed by atoms with Crippen LogP contribution in [0.3, 0.4) is 0 Å². The van der Waals surface area contributed by atoms with Gasteiger partial charge < -0.3 is 5.11 Å². The highest BCUT2D eigenvalue weighted by atomic mass is 79.9. The topological polar surface area (TPSA) is 40.5 Å². The monoisotopic (exact) mass is 289 g/mol. The molecule has 2 rings (SSSR count). The molecule has 82 valence electrons.